The van der Waals surface area contributed by atoms with Crippen molar-refractivity contribution in [3.05, 3.63) is 65.7 Å². The van der Waals surface area contributed by atoms with E-state index in [1.165, 1.54) is 11.8 Å². The van der Waals surface area contributed by atoms with Crippen LogP contribution in [0.3, 0.4) is 0 Å². The van der Waals surface area contributed by atoms with E-state index in [-0.39, 0.29) is 11.3 Å². The Balaban J connectivity index is 1.86. The van der Waals surface area contributed by atoms with Crippen LogP contribution in [-0.2, 0) is 0 Å². The maximum absolute atomic E-state index is 10.7. The molecule has 0 amide bonds. The number of methoxy groups -OCH3 is 1. The van der Waals surface area contributed by atoms with E-state index in [4.69, 9.17) is 10.5 Å². The van der Waals surface area contributed by atoms with Gasteiger partial charge in [-0.25, -0.2) is 0 Å². The highest BCUT2D eigenvalue weighted by atomic mass is 32.2. The van der Waals surface area contributed by atoms with E-state index in [0.717, 1.165) is 16.9 Å². The molecule has 0 saturated heterocycles. The van der Waals surface area contributed by atoms with E-state index in [2.05, 4.69) is 4.99 Å². The lowest BCUT2D eigenvalue weighted by Crippen LogP contribution is -2.20. The minimum Gasteiger partial charge on any atom is -0.497 e. The van der Waals surface area contributed by atoms with Crippen molar-refractivity contribution in [3.63, 3.8) is 0 Å². The molecule has 114 valence electrons. The normalized spacial score (nSPS) is 22.2. The quantitative estimate of drug-likeness (QED) is 0.910. The second-order valence-corrected chi connectivity index (χ2v) is 6.29. The summed E-state index contributed by atoms with van der Waals surface area (Å²) in [5.41, 5.74) is 7.83. The lowest BCUT2D eigenvalue weighted by Gasteiger charge is -2.23. The number of aliphatic imine (C=N–C) groups is 1. The van der Waals surface area contributed by atoms with Gasteiger partial charge in [0.2, 0.25) is 0 Å². The van der Waals surface area contributed by atoms with E-state index in [0.29, 0.717) is 5.17 Å². The summed E-state index contributed by atoms with van der Waals surface area (Å²) < 4.78 is 5.15. The van der Waals surface area contributed by atoms with Gasteiger partial charge in [-0.2, -0.15) is 0 Å². The first-order valence-electron chi connectivity index (χ1n) is 7.06. The molecule has 1 aliphatic heterocycles. The number of aliphatic hydroxyl groups is 1. The summed E-state index contributed by atoms with van der Waals surface area (Å²) in [6.45, 7) is 0. The molecule has 0 aliphatic carbocycles. The summed E-state index contributed by atoms with van der Waals surface area (Å²) in [6.07, 6.45) is -0.704. The SMILES string of the molecule is COc1ccc([C@H](O)[C@H]2N=C(N)S[C@H]2c2ccccc2)cc1. The average Bonchev–Trinajstić information content (AvgIpc) is 2.97. The number of rotatable bonds is 4. The number of aliphatic hydroxyl groups excluding tert-OH is 1. The molecule has 0 bridgehead atoms. The van der Waals surface area contributed by atoms with E-state index < -0.39 is 6.10 Å². The molecular weight excluding hydrogens is 296 g/mol. The number of thioether (sulfide) groups is 1. The van der Waals surface area contributed by atoms with Gasteiger partial charge in [0.1, 0.15) is 11.9 Å². The Morgan fingerprint density at radius 1 is 1.14 bits per heavy atom. The van der Waals surface area contributed by atoms with Gasteiger partial charge in [-0.05, 0) is 23.3 Å². The van der Waals surface area contributed by atoms with Crippen molar-refractivity contribution in [2.75, 3.05) is 7.11 Å². The van der Waals surface area contributed by atoms with Crippen molar-refractivity contribution in [3.8, 4) is 5.75 Å². The lowest BCUT2D eigenvalue weighted by molar-refractivity contribution is 0.147. The van der Waals surface area contributed by atoms with Crippen molar-refractivity contribution < 1.29 is 9.84 Å². The van der Waals surface area contributed by atoms with Gasteiger partial charge in [0.05, 0.1) is 18.4 Å². The van der Waals surface area contributed by atoms with Gasteiger partial charge >= 0.3 is 0 Å². The molecule has 3 N–H and O–H groups in total. The Morgan fingerprint density at radius 2 is 1.82 bits per heavy atom. The van der Waals surface area contributed by atoms with Gasteiger partial charge in [0.25, 0.3) is 0 Å². The Labute approximate surface area is 134 Å². The third-order valence-corrected chi connectivity index (χ3v) is 4.89. The fourth-order valence-electron chi connectivity index (χ4n) is 2.59. The molecule has 0 aromatic heterocycles. The fourth-order valence-corrected chi connectivity index (χ4v) is 3.67. The fraction of sp³-hybridized carbons (Fsp3) is 0.235. The second kappa shape index (κ2) is 6.42. The maximum atomic E-state index is 10.7. The molecule has 0 saturated carbocycles. The molecule has 22 heavy (non-hydrogen) atoms. The maximum Gasteiger partial charge on any atom is 0.155 e. The molecule has 0 unspecified atom stereocenters. The van der Waals surface area contributed by atoms with Crippen molar-refractivity contribution in [1.82, 2.24) is 0 Å². The highest BCUT2D eigenvalue weighted by Crippen LogP contribution is 2.43. The third-order valence-electron chi connectivity index (χ3n) is 3.74. The molecule has 4 nitrogen and oxygen atoms in total. The van der Waals surface area contributed by atoms with Crippen LogP contribution < -0.4 is 10.5 Å². The summed E-state index contributed by atoms with van der Waals surface area (Å²) in [5.74, 6) is 0.763. The summed E-state index contributed by atoms with van der Waals surface area (Å²) in [6, 6.07) is 17.1. The third kappa shape index (κ3) is 2.96. The summed E-state index contributed by atoms with van der Waals surface area (Å²) in [5, 5.41) is 11.3. The predicted octanol–water partition coefficient (Wildman–Crippen LogP) is 2.90. The molecular formula is C17H18N2O2S. The van der Waals surface area contributed by atoms with Gasteiger partial charge in [-0.1, -0.05) is 54.2 Å². The van der Waals surface area contributed by atoms with Crippen LogP contribution in [0.25, 0.3) is 0 Å². The van der Waals surface area contributed by atoms with Crippen molar-refractivity contribution in [1.29, 1.82) is 0 Å². The number of amidine groups is 1. The van der Waals surface area contributed by atoms with Crippen LogP contribution in [0.1, 0.15) is 22.5 Å². The molecule has 3 atom stereocenters. The molecule has 0 radical (unpaired) electrons. The smallest absolute Gasteiger partial charge is 0.155 e. The average molecular weight is 314 g/mol. The standard InChI is InChI=1S/C17H18N2O2S/c1-21-13-9-7-11(8-10-13)15(20)14-16(22-17(18)19-14)12-5-3-2-4-6-12/h2-10,14-16,20H,1H3,(H2,18,19)/t14-,15+,16+/m1/s1. The summed E-state index contributed by atoms with van der Waals surface area (Å²) in [4.78, 5) is 4.44. The van der Waals surface area contributed by atoms with E-state index in [1.807, 2.05) is 54.6 Å². The molecule has 1 aliphatic rings. The van der Waals surface area contributed by atoms with Gasteiger partial charge in [-0.15, -0.1) is 0 Å². The zero-order valence-corrected chi connectivity index (χ0v) is 13.0. The Morgan fingerprint density at radius 3 is 2.45 bits per heavy atom. The van der Waals surface area contributed by atoms with Crippen molar-refractivity contribution in [2.45, 2.75) is 17.4 Å². The Bertz CT molecular complexity index is 658. The lowest BCUT2D eigenvalue weighted by atomic mass is 9.96. The topological polar surface area (TPSA) is 67.8 Å². The zero-order valence-electron chi connectivity index (χ0n) is 12.2. The number of nitrogens with two attached hydrogens (primary N) is 1. The van der Waals surface area contributed by atoms with Crippen molar-refractivity contribution >= 4 is 16.9 Å². The molecule has 2 aromatic rings. The molecule has 2 aromatic carbocycles. The second-order valence-electron chi connectivity index (χ2n) is 5.13. The number of benzene rings is 2. The molecule has 0 spiro atoms. The molecule has 5 heteroatoms. The van der Waals surface area contributed by atoms with Gasteiger partial charge in [0.15, 0.2) is 5.17 Å². The van der Waals surface area contributed by atoms with Crippen LogP contribution in [0.4, 0.5) is 0 Å². The first-order valence-corrected chi connectivity index (χ1v) is 7.94. The van der Waals surface area contributed by atoms with Crippen LogP contribution in [0.2, 0.25) is 0 Å². The van der Waals surface area contributed by atoms with E-state index in [1.54, 1.807) is 7.11 Å². The number of nitrogens with zero attached hydrogens (tertiary/aromatic N) is 1. The molecule has 3 rings (SSSR count). The van der Waals surface area contributed by atoms with Crippen LogP contribution >= 0.6 is 11.8 Å². The summed E-state index contributed by atoms with van der Waals surface area (Å²) >= 11 is 1.50. The predicted molar refractivity (Wildman–Crippen MR) is 90.1 cm³/mol. The molecule has 1 heterocycles. The number of hydrogen-bond donors (Lipinski definition) is 2. The minimum atomic E-state index is -0.704. The van der Waals surface area contributed by atoms with Crippen LogP contribution in [0, 0.1) is 0 Å². The number of ether oxygens (including phenoxy) is 1. The molecule has 0 fully saturated rings. The summed E-state index contributed by atoms with van der Waals surface area (Å²) in [7, 11) is 1.62. The van der Waals surface area contributed by atoms with Crippen LogP contribution in [0.15, 0.2) is 59.6 Å². The monoisotopic (exact) mass is 314 g/mol. The highest BCUT2D eigenvalue weighted by molar-refractivity contribution is 8.14. The first-order chi connectivity index (χ1) is 10.7. The Hall–Kier alpha value is -1.98. The van der Waals surface area contributed by atoms with Gasteiger partial charge in [-0.3, -0.25) is 4.99 Å². The van der Waals surface area contributed by atoms with Crippen LogP contribution in [0.5, 0.6) is 5.75 Å². The Kier molecular flexibility index (Phi) is 4.36. The van der Waals surface area contributed by atoms with Crippen molar-refractivity contribution in [2.24, 2.45) is 10.7 Å². The number of hydrogen-bond acceptors (Lipinski definition) is 5. The van der Waals surface area contributed by atoms with Gasteiger partial charge < -0.3 is 15.6 Å². The van der Waals surface area contributed by atoms with E-state index in [9.17, 15) is 5.11 Å². The zero-order chi connectivity index (χ0) is 15.5. The van der Waals surface area contributed by atoms with E-state index >= 15 is 0 Å². The van der Waals surface area contributed by atoms with Gasteiger partial charge in [0, 0.05) is 0 Å². The first kappa shape index (κ1) is 14.9. The minimum absolute atomic E-state index is 0.0262. The van der Waals surface area contributed by atoms with Crippen LogP contribution in [-0.4, -0.2) is 23.4 Å². The largest absolute Gasteiger partial charge is 0.497 e. The highest BCUT2D eigenvalue weighted by Gasteiger charge is 2.36.